The first-order chi connectivity index (χ1) is 8.79. The van der Waals surface area contributed by atoms with E-state index in [-0.39, 0.29) is 0 Å². The average Bonchev–Trinajstić information content (AvgIpc) is 2.82. The molecule has 3 heteroatoms. The van der Waals surface area contributed by atoms with Crippen LogP contribution in [0.25, 0.3) is 0 Å². The second-order valence-electron chi connectivity index (χ2n) is 5.38. The van der Waals surface area contributed by atoms with Gasteiger partial charge in [0.05, 0.1) is 2.88 Å². The van der Waals surface area contributed by atoms with E-state index in [9.17, 15) is 0 Å². The van der Waals surface area contributed by atoms with E-state index >= 15 is 0 Å². The summed E-state index contributed by atoms with van der Waals surface area (Å²) in [6.07, 6.45) is 10.1. The Bertz CT molecular complexity index is 344. The zero-order valence-electron chi connectivity index (χ0n) is 11.3. The van der Waals surface area contributed by atoms with E-state index < -0.39 is 0 Å². The van der Waals surface area contributed by atoms with Crippen LogP contribution in [-0.2, 0) is 0 Å². The van der Waals surface area contributed by atoms with E-state index in [0.717, 1.165) is 12.5 Å². The van der Waals surface area contributed by atoms with Crippen molar-refractivity contribution in [3.8, 4) is 0 Å². The summed E-state index contributed by atoms with van der Waals surface area (Å²) in [7, 11) is 0. The van der Waals surface area contributed by atoms with Gasteiger partial charge in [0.25, 0.3) is 0 Å². The highest BCUT2D eigenvalue weighted by Gasteiger charge is 2.17. The van der Waals surface area contributed by atoms with Crippen LogP contribution in [0.2, 0.25) is 0 Å². The molecule has 0 bridgehead atoms. The predicted molar refractivity (Wildman–Crippen MR) is 89.3 cm³/mol. The van der Waals surface area contributed by atoms with Gasteiger partial charge in [0.1, 0.15) is 0 Å². The first kappa shape index (κ1) is 14.8. The number of rotatable bonds is 6. The van der Waals surface area contributed by atoms with Crippen LogP contribution in [0.3, 0.4) is 0 Å². The van der Waals surface area contributed by atoms with Gasteiger partial charge >= 0.3 is 0 Å². The molecule has 0 radical (unpaired) electrons. The molecule has 1 atom stereocenters. The van der Waals surface area contributed by atoms with Crippen molar-refractivity contribution in [2.24, 2.45) is 5.92 Å². The van der Waals surface area contributed by atoms with Gasteiger partial charge in [0.2, 0.25) is 0 Å². The van der Waals surface area contributed by atoms with Crippen molar-refractivity contribution in [2.75, 3.05) is 6.54 Å². The summed E-state index contributed by atoms with van der Waals surface area (Å²) in [6.45, 7) is 3.28. The molecule has 1 aromatic heterocycles. The summed E-state index contributed by atoms with van der Waals surface area (Å²) in [5.41, 5.74) is 1.50. The summed E-state index contributed by atoms with van der Waals surface area (Å²) in [4.78, 5) is 0. The fourth-order valence-corrected chi connectivity index (χ4v) is 4.44. The van der Waals surface area contributed by atoms with Crippen LogP contribution >= 0.6 is 33.9 Å². The minimum atomic E-state index is 0.580. The van der Waals surface area contributed by atoms with Crippen LogP contribution in [0.15, 0.2) is 11.4 Å². The molecule has 0 amide bonds. The van der Waals surface area contributed by atoms with Gasteiger partial charge in [0, 0.05) is 6.04 Å². The number of halogens is 1. The standard InChI is InChI=1S/C15H24INS/c1-2-17-14(13-10-15(16)18-11-13)9-8-12-6-4-3-5-7-12/h10-12,14,17H,2-9H2,1H3. The number of hydrogen-bond acceptors (Lipinski definition) is 2. The van der Waals surface area contributed by atoms with Crippen molar-refractivity contribution in [1.82, 2.24) is 5.32 Å². The Morgan fingerprint density at radius 1 is 1.39 bits per heavy atom. The maximum atomic E-state index is 3.66. The topological polar surface area (TPSA) is 12.0 Å². The predicted octanol–water partition coefficient (Wildman–Crippen LogP) is 5.36. The van der Waals surface area contributed by atoms with Gasteiger partial charge < -0.3 is 5.32 Å². The molecule has 18 heavy (non-hydrogen) atoms. The maximum absolute atomic E-state index is 3.66. The smallest absolute Gasteiger partial charge is 0.0656 e. The Balaban J connectivity index is 1.85. The van der Waals surface area contributed by atoms with Crippen molar-refractivity contribution in [3.63, 3.8) is 0 Å². The molecule has 1 heterocycles. The van der Waals surface area contributed by atoms with E-state index in [4.69, 9.17) is 0 Å². The molecule has 0 spiro atoms. The molecule has 102 valence electrons. The third-order valence-electron chi connectivity index (χ3n) is 4.03. The molecule has 0 aliphatic heterocycles. The first-order valence-corrected chi connectivity index (χ1v) is 9.22. The Morgan fingerprint density at radius 3 is 2.78 bits per heavy atom. The highest BCUT2D eigenvalue weighted by atomic mass is 127. The maximum Gasteiger partial charge on any atom is 0.0656 e. The van der Waals surface area contributed by atoms with E-state index in [1.165, 1.54) is 53.4 Å². The number of thiophene rings is 1. The summed E-state index contributed by atoms with van der Waals surface area (Å²) >= 11 is 4.29. The minimum Gasteiger partial charge on any atom is -0.310 e. The molecule has 1 aliphatic rings. The zero-order valence-corrected chi connectivity index (χ0v) is 14.2. The Morgan fingerprint density at radius 2 is 2.17 bits per heavy atom. The van der Waals surface area contributed by atoms with Crippen molar-refractivity contribution in [3.05, 3.63) is 19.9 Å². The quantitative estimate of drug-likeness (QED) is 0.658. The lowest BCUT2D eigenvalue weighted by atomic mass is 9.84. The van der Waals surface area contributed by atoms with E-state index in [0.29, 0.717) is 6.04 Å². The van der Waals surface area contributed by atoms with Gasteiger partial charge in [-0.25, -0.2) is 0 Å². The lowest BCUT2D eigenvalue weighted by Crippen LogP contribution is -2.21. The molecule has 1 saturated carbocycles. The van der Waals surface area contributed by atoms with Crippen molar-refractivity contribution in [1.29, 1.82) is 0 Å². The highest BCUT2D eigenvalue weighted by molar-refractivity contribution is 14.1. The highest BCUT2D eigenvalue weighted by Crippen LogP contribution is 2.31. The van der Waals surface area contributed by atoms with Gasteiger partial charge in [0.15, 0.2) is 0 Å². The number of nitrogens with one attached hydrogen (secondary N) is 1. The van der Waals surface area contributed by atoms with Gasteiger partial charge in [-0.05, 0) is 64.9 Å². The van der Waals surface area contributed by atoms with E-state index in [2.05, 4.69) is 46.3 Å². The Hall–Kier alpha value is 0.390. The van der Waals surface area contributed by atoms with Gasteiger partial charge in [-0.1, -0.05) is 39.0 Å². The molecule has 1 fully saturated rings. The summed E-state index contributed by atoms with van der Waals surface area (Å²) in [5, 5.41) is 5.98. The second kappa shape index (κ2) is 7.85. The Labute approximate surface area is 129 Å². The van der Waals surface area contributed by atoms with Crippen molar-refractivity contribution in [2.45, 2.75) is 57.9 Å². The van der Waals surface area contributed by atoms with Crippen LogP contribution in [-0.4, -0.2) is 6.54 Å². The van der Waals surface area contributed by atoms with E-state index in [1.807, 2.05) is 11.3 Å². The van der Waals surface area contributed by atoms with Crippen molar-refractivity contribution < 1.29 is 0 Å². The van der Waals surface area contributed by atoms with Crippen LogP contribution < -0.4 is 5.32 Å². The summed E-state index contributed by atoms with van der Waals surface area (Å²) in [5.74, 6) is 0.998. The second-order valence-corrected chi connectivity index (χ2v) is 8.18. The summed E-state index contributed by atoms with van der Waals surface area (Å²) < 4.78 is 1.41. The molecule has 1 N–H and O–H groups in total. The molecule has 1 nitrogen and oxygen atoms in total. The SMILES string of the molecule is CCNC(CCC1CCCCC1)c1csc(I)c1. The summed E-state index contributed by atoms with van der Waals surface area (Å²) in [6, 6.07) is 2.93. The van der Waals surface area contributed by atoms with Crippen LogP contribution in [0.1, 0.15) is 63.5 Å². The average molecular weight is 377 g/mol. The van der Waals surface area contributed by atoms with Crippen LogP contribution in [0, 0.1) is 8.80 Å². The Kier molecular flexibility index (Phi) is 6.45. The zero-order chi connectivity index (χ0) is 12.8. The monoisotopic (exact) mass is 377 g/mol. The molecule has 0 saturated heterocycles. The first-order valence-electron chi connectivity index (χ1n) is 7.27. The molecule has 1 aromatic rings. The van der Waals surface area contributed by atoms with Crippen molar-refractivity contribution >= 4 is 33.9 Å². The lowest BCUT2D eigenvalue weighted by molar-refractivity contribution is 0.315. The lowest BCUT2D eigenvalue weighted by Gasteiger charge is -2.24. The molecule has 1 unspecified atom stereocenters. The molecule has 2 rings (SSSR count). The molecule has 1 aliphatic carbocycles. The molecular formula is C15H24INS. The molecule has 0 aromatic carbocycles. The van der Waals surface area contributed by atoms with Gasteiger partial charge in [-0.15, -0.1) is 11.3 Å². The fraction of sp³-hybridized carbons (Fsp3) is 0.733. The fourth-order valence-electron chi connectivity index (χ4n) is 3.02. The normalized spacial score (nSPS) is 19.0. The molecular weight excluding hydrogens is 353 g/mol. The minimum absolute atomic E-state index is 0.580. The number of hydrogen-bond donors (Lipinski definition) is 1. The van der Waals surface area contributed by atoms with E-state index in [1.54, 1.807) is 0 Å². The largest absolute Gasteiger partial charge is 0.310 e. The van der Waals surface area contributed by atoms with Crippen LogP contribution in [0.4, 0.5) is 0 Å². The van der Waals surface area contributed by atoms with Gasteiger partial charge in [-0.3, -0.25) is 0 Å². The van der Waals surface area contributed by atoms with Gasteiger partial charge in [-0.2, -0.15) is 0 Å². The third kappa shape index (κ3) is 4.49. The van der Waals surface area contributed by atoms with Crippen LogP contribution in [0.5, 0.6) is 0 Å². The third-order valence-corrected chi connectivity index (χ3v) is 5.84.